The van der Waals surface area contributed by atoms with Gasteiger partial charge in [0.1, 0.15) is 0 Å². The largest absolute Gasteiger partial charge is 0.397 e. The third kappa shape index (κ3) is 2.53. The van der Waals surface area contributed by atoms with E-state index in [1.165, 1.54) is 0 Å². The first-order valence-corrected chi connectivity index (χ1v) is 5.99. The van der Waals surface area contributed by atoms with Gasteiger partial charge < -0.3 is 20.9 Å². The van der Waals surface area contributed by atoms with Gasteiger partial charge in [-0.25, -0.2) is 0 Å². The second-order valence-electron chi connectivity index (χ2n) is 4.71. The lowest BCUT2D eigenvalue weighted by Crippen LogP contribution is -2.47. The van der Waals surface area contributed by atoms with Crippen molar-refractivity contribution in [1.29, 1.82) is 0 Å². The summed E-state index contributed by atoms with van der Waals surface area (Å²) in [6, 6.07) is 5.91. The zero-order valence-corrected chi connectivity index (χ0v) is 10.2. The van der Waals surface area contributed by atoms with E-state index in [-0.39, 0.29) is 12.1 Å². The Hall–Kier alpha value is -1.26. The molecule has 1 aliphatic rings. The minimum absolute atomic E-state index is 0.101. The van der Waals surface area contributed by atoms with Crippen molar-refractivity contribution in [3.05, 3.63) is 23.8 Å². The fourth-order valence-corrected chi connectivity index (χ4v) is 2.16. The van der Waals surface area contributed by atoms with Gasteiger partial charge in [-0.15, -0.1) is 0 Å². The van der Waals surface area contributed by atoms with E-state index in [1.807, 2.05) is 25.1 Å². The number of hydrogen-bond acceptors (Lipinski definition) is 4. The molecule has 0 saturated carbocycles. The molecule has 1 aromatic carbocycles. The van der Waals surface area contributed by atoms with E-state index < -0.39 is 0 Å². The van der Waals surface area contributed by atoms with Gasteiger partial charge in [-0.2, -0.15) is 0 Å². The first kappa shape index (κ1) is 12.2. The molecule has 94 valence electrons. The molecule has 4 N–H and O–H groups in total. The van der Waals surface area contributed by atoms with Crippen LogP contribution in [0.15, 0.2) is 18.2 Å². The van der Waals surface area contributed by atoms with Gasteiger partial charge in [0, 0.05) is 13.2 Å². The Labute approximate surface area is 102 Å². The summed E-state index contributed by atoms with van der Waals surface area (Å²) in [5.41, 5.74) is 8.46. The molecule has 0 radical (unpaired) electrons. The smallest absolute Gasteiger partial charge is 0.0663 e. The maximum Gasteiger partial charge on any atom is 0.0663 e. The lowest BCUT2D eigenvalue weighted by Gasteiger charge is -2.37. The fraction of sp³-hybridized carbons (Fsp3) is 0.538. The summed E-state index contributed by atoms with van der Waals surface area (Å²) in [5, 5.41) is 13.0. The number of aliphatic hydroxyl groups is 1. The van der Waals surface area contributed by atoms with E-state index in [0.717, 1.165) is 29.8 Å². The van der Waals surface area contributed by atoms with Crippen LogP contribution in [0, 0.1) is 6.92 Å². The number of aliphatic hydroxyl groups excluding tert-OH is 1. The highest BCUT2D eigenvalue weighted by Gasteiger charge is 2.32. The van der Waals surface area contributed by atoms with E-state index >= 15 is 0 Å². The Morgan fingerprint density at radius 2 is 2.12 bits per heavy atom. The number of para-hydroxylation sites is 1. The molecule has 1 fully saturated rings. The van der Waals surface area contributed by atoms with E-state index in [0.29, 0.717) is 13.2 Å². The molecule has 1 aliphatic heterocycles. The summed E-state index contributed by atoms with van der Waals surface area (Å²) < 4.78 is 5.34. The Kier molecular flexibility index (Phi) is 3.54. The van der Waals surface area contributed by atoms with Crippen LogP contribution in [0.25, 0.3) is 0 Å². The third-order valence-electron chi connectivity index (χ3n) is 3.48. The standard InChI is InChI=1S/C13H20N2O2/c1-10-3-2-4-11(12(10)14)15-13(9-16)5-7-17-8-6-13/h2-4,15-16H,5-9,14H2,1H3. The molecule has 0 amide bonds. The van der Waals surface area contributed by atoms with Crippen LogP contribution in [0.1, 0.15) is 18.4 Å². The molecule has 0 aliphatic carbocycles. The van der Waals surface area contributed by atoms with Gasteiger partial charge in [-0.1, -0.05) is 12.1 Å². The first-order valence-electron chi connectivity index (χ1n) is 5.99. The van der Waals surface area contributed by atoms with E-state index in [9.17, 15) is 5.11 Å². The van der Waals surface area contributed by atoms with Crippen molar-refractivity contribution < 1.29 is 9.84 Å². The zero-order valence-electron chi connectivity index (χ0n) is 10.2. The summed E-state index contributed by atoms with van der Waals surface area (Å²) in [7, 11) is 0. The number of ether oxygens (including phenoxy) is 1. The quantitative estimate of drug-likeness (QED) is 0.696. The lowest BCUT2D eigenvalue weighted by atomic mass is 9.90. The molecular weight excluding hydrogens is 216 g/mol. The van der Waals surface area contributed by atoms with Crippen LogP contribution in [0.5, 0.6) is 0 Å². The Morgan fingerprint density at radius 1 is 1.41 bits per heavy atom. The Morgan fingerprint density at radius 3 is 2.76 bits per heavy atom. The van der Waals surface area contributed by atoms with Gasteiger partial charge in [0.05, 0.1) is 23.5 Å². The Bertz CT molecular complexity index is 387. The molecule has 0 spiro atoms. The van der Waals surface area contributed by atoms with Crippen molar-refractivity contribution in [3.63, 3.8) is 0 Å². The van der Waals surface area contributed by atoms with Gasteiger partial charge in [0.25, 0.3) is 0 Å². The number of nitrogen functional groups attached to an aromatic ring is 1. The molecule has 1 aromatic rings. The predicted octanol–water partition coefficient (Wildman–Crippen LogP) is 1.53. The van der Waals surface area contributed by atoms with Gasteiger partial charge in [0.15, 0.2) is 0 Å². The lowest BCUT2D eigenvalue weighted by molar-refractivity contribution is 0.0380. The maximum atomic E-state index is 9.60. The van der Waals surface area contributed by atoms with Crippen molar-refractivity contribution in [1.82, 2.24) is 0 Å². The average molecular weight is 236 g/mol. The SMILES string of the molecule is Cc1cccc(NC2(CO)CCOCC2)c1N. The van der Waals surface area contributed by atoms with Gasteiger partial charge in [0.2, 0.25) is 0 Å². The number of hydrogen-bond donors (Lipinski definition) is 3. The van der Waals surface area contributed by atoms with E-state index in [2.05, 4.69) is 5.32 Å². The zero-order chi connectivity index (χ0) is 12.3. The van der Waals surface area contributed by atoms with Crippen molar-refractivity contribution in [2.45, 2.75) is 25.3 Å². The number of anilines is 2. The molecule has 0 unspecified atom stereocenters. The molecule has 0 atom stereocenters. The minimum atomic E-state index is -0.292. The normalized spacial score (nSPS) is 18.9. The summed E-state index contributed by atoms with van der Waals surface area (Å²) in [6.45, 7) is 3.44. The van der Waals surface area contributed by atoms with Gasteiger partial charge in [-0.3, -0.25) is 0 Å². The van der Waals surface area contributed by atoms with E-state index in [1.54, 1.807) is 0 Å². The topological polar surface area (TPSA) is 67.5 Å². The highest BCUT2D eigenvalue weighted by atomic mass is 16.5. The van der Waals surface area contributed by atoms with Crippen LogP contribution in [0.4, 0.5) is 11.4 Å². The van der Waals surface area contributed by atoms with Crippen LogP contribution in [0.2, 0.25) is 0 Å². The summed E-state index contributed by atoms with van der Waals surface area (Å²) in [5.74, 6) is 0. The number of benzene rings is 1. The van der Waals surface area contributed by atoms with Gasteiger partial charge >= 0.3 is 0 Å². The van der Waals surface area contributed by atoms with Crippen LogP contribution >= 0.6 is 0 Å². The summed E-state index contributed by atoms with van der Waals surface area (Å²) in [6.07, 6.45) is 1.60. The van der Waals surface area contributed by atoms with Crippen molar-refractivity contribution in [2.24, 2.45) is 0 Å². The summed E-state index contributed by atoms with van der Waals surface area (Å²) in [4.78, 5) is 0. The molecule has 2 rings (SSSR count). The molecular formula is C13H20N2O2. The number of aryl methyl sites for hydroxylation is 1. The van der Waals surface area contributed by atoms with Crippen LogP contribution < -0.4 is 11.1 Å². The van der Waals surface area contributed by atoms with Crippen molar-refractivity contribution in [2.75, 3.05) is 30.9 Å². The molecule has 1 saturated heterocycles. The molecule has 1 heterocycles. The highest BCUT2D eigenvalue weighted by molar-refractivity contribution is 5.70. The monoisotopic (exact) mass is 236 g/mol. The number of nitrogens with two attached hydrogens (primary N) is 1. The van der Waals surface area contributed by atoms with Crippen molar-refractivity contribution >= 4 is 11.4 Å². The third-order valence-corrected chi connectivity index (χ3v) is 3.48. The van der Waals surface area contributed by atoms with Gasteiger partial charge in [-0.05, 0) is 31.4 Å². The molecule has 0 aromatic heterocycles. The highest BCUT2D eigenvalue weighted by Crippen LogP contribution is 2.30. The average Bonchev–Trinajstić information content (AvgIpc) is 2.36. The first-order chi connectivity index (χ1) is 8.17. The predicted molar refractivity (Wildman–Crippen MR) is 69.1 cm³/mol. The molecule has 17 heavy (non-hydrogen) atoms. The van der Waals surface area contributed by atoms with Crippen LogP contribution in [0.3, 0.4) is 0 Å². The number of nitrogens with one attached hydrogen (secondary N) is 1. The van der Waals surface area contributed by atoms with Crippen LogP contribution in [-0.2, 0) is 4.74 Å². The molecule has 4 heteroatoms. The minimum Gasteiger partial charge on any atom is -0.397 e. The number of rotatable bonds is 3. The van der Waals surface area contributed by atoms with Crippen molar-refractivity contribution in [3.8, 4) is 0 Å². The Balaban J connectivity index is 2.20. The van der Waals surface area contributed by atoms with E-state index in [4.69, 9.17) is 10.5 Å². The molecule has 4 nitrogen and oxygen atoms in total. The second kappa shape index (κ2) is 4.94. The van der Waals surface area contributed by atoms with Crippen LogP contribution in [-0.4, -0.2) is 30.5 Å². The fourth-order valence-electron chi connectivity index (χ4n) is 2.16. The maximum absolute atomic E-state index is 9.60. The second-order valence-corrected chi connectivity index (χ2v) is 4.71. The summed E-state index contributed by atoms with van der Waals surface area (Å²) >= 11 is 0. The molecule has 0 bridgehead atoms.